The number of halogens is 2. The van der Waals surface area contributed by atoms with Crippen molar-refractivity contribution in [3.05, 3.63) is 33.8 Å². The highest BCUT2D eigenvalue weighted by Gasteiger charge is 2.04. The molecule has 0 aliphatic heterocycles. The smallest absolute Gasteiger partial charge is 0.0424 e. The van der Waals surface area contributed by atoms with Gasteiger partial charge in [-0.15, -0.1) is 0 Å². The number of hydrogen-bond donors (Lipinski definition) is 1. The molecule has 1 aromatic carbocycles. The number of nitrogens with one attached hydrogen (secondary N) is 1. The second-order valence-electron chi connectivity index (χ2n) is 5.38. The molecule has 1 nitrogen and oxygen atoms in total. The van der Waals surface area contributed by atoms with Gasteiger partial charge in [0.2, 0.25) is 0 Å². The first-order chi connectivity index (χ1) is 8.47. The molecule has 3 heteroatoms. The van der Waals surface area contributed by atoms with Crippen molar-refractivity contribution >= 4 is 23.2 Å². The molecule has 1 aromatic rings. The molecule has 0 bridgehead atoms. The van der Waals surface area contributed by atoms with Gasteiger partial charge in [-0.2, -0.15) is 0 Å². The Bertz CT molecular complexity index is 343. The average Bonchev–Trinajstić information content (AvgIpc) is 2.24. The van der Waals surface area contributed by atoms with Crippen LogP contribution in [0.3, 0.4) is 0 Å². The molecule has 0 spiro atoms. The van der Waals surface area contributed by atoms with Crippen molar-refractivity contribution in [1.82, 2.24) is 5.32 Å². The lowest BCUT2D eigenvalue weighted by Gasteiger charge is -2.14. The normalized spacial score (nSPS) is 13.0. The van der Waals surface area contributed by atoms with Crippen LogP contribution in [0.1, 0.15) is 45.6 Å². The van der Waals surface area contributed by atoms with Crippen LogP contribution in [-0.4, -0.2) is 6.04 Å². The second kappa shape index (κ2) is 8.04. The van der Waals surface area contributed by atoms with Crippen molar-refractivity contribution < 1.29 is 0 Å². The van der Waals surface area contributed by atoms with Gasteiger partial charge in [0.25, 0.3) is 0 Å². The molecule has 102 valence electrons. The zero-order chi connectivity index (χ0) is 13.5. The summed E-state index contributed by atoms with van der Waals surface area (Å²) in [6.07, 6.45) is 3.80. The lowest BCUT2D eigenvalue weighted by molar-refractivity contribution is 0.457. The summed E-state index contributed by atoms with van der Waals surface area (Å²) >= 11 is 11.9. The van der Waals surface area contributed by atoms with Gasteiger partial charge in [0, 0.05) is 22.6 Å². The van der Waals surface area contributed by atoms with E-state index in [1.807, 2.05) is 12.1 Å². The fraction of sp³-hybridized carbons (Fsp3) is 0.600. The molecule has 0 amide bonds. The van der Waals surface area contributed by atoms with Crippen molar-refractivity contribution in [1.29, 1.82) is 0 Å². The Balaban J connectivity index is 2.31. The molecule has 18 heavy (non-hydrogen) atoms. The summed E-state index contributed by atoms with van der Waals surface area (Å²) in [7, 11) is 0. The lowest BCUT2D eigenvalue weighted by atomic mass is 10.0. The zero-order valence-electron chi connectivity index (χ0n) is 11.5. The Labute approximate surface area is 121 Å². The summed E-state index contributed by atoms with van der Waals surface area (Å²) < 4.78 is 0. The van der Waals surface area contributed by atoms with E-state index in [9.17, 15) is 0 Å². The summed E-state index contributed by atoms with van der Waals surface area (Å²) in [5.74, 6) is 0.795. The molecule has 0 radical (unpaired) electrons. The van der Waals surface area contributed by atoms with Crippen LogP contribution in [0.4, 0.5) is 0 Å². The maximum atomic E-state index is 5.97. The topological polar surface area (TPSA) is 12.0 Å². The van der Waals surface area contributed by atoms with Gasteiger partial charge in [0.1, 0.15) is 0 Å². The number of benzene rings is 1. The van der Waals surface area contributed by atoms with Gasteiger partial charge in [0.05, 0.1) is 0 Å². The minimum atomic E-state index is 0.529. The lowest BCUT2D eigenvalue weighted by Crippen LogP contribution is -2.25. The van der Waals surface area contributed by atoms with E-state index in [2.05, 4.69) is 26.1 Å². The number of hydrogen-bond acceptors (Lipinski definition) is 1. The first-order valence-electron chi connectivity index (χ1n) is 6.65. The van der Waals surface area contributed by atoms with Gasteiger partial charge in [-0.1, -0.05) is 49.9 Å². The molecule has 0 heterocycles. The van der Waals surface area contributed by atoms with E-state index in [0.717, 1.165) is 18.0 Å². The highest BCUT2D eigenvalue weighted by Crippen LogP contribution is 2.19. The zero-order valence-corrected chi connectivity index (χ0v) is 13.0. The van der Waals surface area contributed by atoms with Crippen molar-refractivity contribution in [2.24, 2.45) is 5.92 Å². The van der Waals surface area contributed by atoms with Gasteiger partial charge in [-0.05, 0) is 43.0 Å². The molecule has 0 fully saturated rings. The fourth-order valence-corrected chi connectivity index (χ4v) is 2.51. The highest BCUT2D eigenvalue weighted by molar-refractivity contribution is 6.34. The molecule has 0 aliphatic carbocycles. The maximum Gasteiger partial charge on any atom is 0.0424 e. The maximum absolute atomic E-state index is 5.97. The van der Waals surface area contributed by atoms with Crippen molar-refractivity contribution in [3.63, 3.8) is 0 Å². The van der Waals surface area contributed by atoms with Gasteiger partial charge in [-0.3, -0.25) is 0 Å². The van der Waals surface area contributed by atoms with E-state index in [1.54, 1.807) is 6.07 Å². The monoisotopic (exact) mass is 287 g/mol. The van der Waals surface area contributed by atoms with E-state index in [-0.39, 0.29) is 0 Å². The predicted octanol–water partition coefficient (Wildman–Crippen LogP) is 5.30. The Morgan fingerprint density at radius 1 is 1.00 bits per heavy atom. The van der Waals surface area contributed by atoms with Crippen LogP contribution in [0.15, 0.2) is 18.2 Å². The van der Waals surface area contributed by atoms with Crippen molar-refractivity contribution in [2.45, 2.75) is 52.6 Å². The largest absolute Gasteiger partial charge is 0.310 e. The Morgan fingerprint density at radius 3 is 2.17 bits per heavy atom. The number of rotatable bonds is 7. The molecule has 1 rings (SSSR count). The molecule has 0 aromatic heterocycles. The van der Waals surface area contributed by atoms with Gasteiger partial charge < -0.3 is 5.32 Å². The van der Waals surface area contributed by atoms with Crippen LogP contribution in [0, 0.1) is 5.92 Å². The Morgan fingerprint density at radius 2 is 1.61 bits per heavy atom. The quantitative estimate of drug-likeness (QED) is 0.718. The van der Waals surface area contributed by atoms with Gasteiger partial charge in [0.15, 0.2) is 0 Å². The second-order valence-corrected chi connectivity index (χ2v) is 6.26. The Hall–Kier alpha value is -0.240. The van der Waals surface area contributed by atoms with Crippen LogP contribution in [0.25, 0.3) is 0 Å². The predicted molar refractivity (Wildman–Crippen MR) is 81.5 cm³/mol. The summed E-state index contributed by atoms with van der Waals surface area (Å²) in [4.78, 5) is 0. The summed E-state index contributed by atoms with van der Waals surface area (Å²) in [6, 6.07) is 6.21. The van der Waals surface area contributed by atoms with Crippen LogP contribution in [0.5, 0.6) is 0 Å². The summed E-state index contributed by atoms with van der Waals surface area (Å²) in [5.41, 5.74) is 1.14. The van der Waals surface area contributed by atoms with Crippen molar-refractivity contribution in [3.8, 4) is 0 Å². The molecule has 1 N–H and O–H groups in total. The summed E-state index contributed by atoms with van der Waals surface area (Å²) in [5, 5.41) is 4.91. The molecule has 0 saturated carbocycles. The third kappa shape index (κ3) is 6.63. The van der Waals surface area contributed by atoms with Gasteiger partial charge in [-0.25, -0.2) is 0 Å². The van der Waals surface area contributed by atoms with Gasteiger partial charge >= 0.3 is 0 Å². The van der Waals surface area contributed by atoms with Crippen LogP contribution in [0.2, 0.25) is 10.0 Å². The highest BCUT2D eigenvalue weighted by atomic mass is 35.5. The SMILES string of the molecule is CC(C)CCCC(C)NCc1cc(Cl)cc(Cl)c1. The minimum Gasteiger partial charge on any atom is -0.310 e. The van der Waals surface area contributed by atoms with E-state index in [4.69, 9.17) is 23.2 Å². The van der Waals surface area contributed by atoms with Crippen LogP contribution >= 0.6 is 23.2 Å². The summed E-state index contributed by atoms with van der Waals surface area (Å²) in [6.45, 7) is 7.59. The molecule has 0 aliphatic rings. The minimum absolute atomic E-state index is 0.529. The van der Waals surface area contributed by atoms with E-state index in [1.165, 1.54) is 19.3 Å². The molecular weight excluding hydrogens is 265 g/mol. The molecule has 1 unspecified atom stereocenters. The molecule has 0 saturated heterocycles. The van der Waals surface area contributed by atoms with Crippen LogP contribution in [-0.2, 0) is 6.54 Å². The third-order valence-electron chi connectivity index (χ3n) is 3.00. The third-order valence-corrected chi connectivity index (χ3v) is 3.43. The molecule has 1 atom stereocenters. The fourth-order valence-electron chi connectivity index (χ4n) is 1.94. The van der Waals surface area contributed by atoms with E-state index in [0.29, 0.717) is 16.1 Å². The first-order valence-corrected chi connectivity index (χ1v) is 7.41. The standard InChI is InChI=1S/C15H23Cl2N/c1-11(2)5-4-6-12(3)18-10-13-7-14(16)9-15(17)8-13/h7-9,11-12,18H,4-6,10H2,1-3H3. The average molecular weight is 288 g/mol. The van der Waals surface area contributed by atoms with E-state index < -0.39 is 0 Å². The van der Waals surface area contributed by atoms with E-state index >= 15 is 0 Å². The van der Waals surface area contributed by atoms with Crippen LogP contribution < -0.4 is 5.32 Å². The Kier molecular flexibility index (Phi) is 7.06. The van der Waals surface area contributed by atoms with Crippen molar-refractivity contribution in [2.75, 3.05) is 0 Å². The first kappa shape index (κ1) is 15.8. The molecular formula is C15H23Cl2N.